The van der Waals surface area contributed by atoms with Gasteiger partial charge in [0, 0.05) is 0 Å². The van der Waals surface area contributed by atoms with Crippen LogP contribution in [0, 0.1) is 0 Å². The first-order valence-electron chi connectivity index (χ1n) is 6.14. The number of hydrogen-bond donors (Lipinski definition) is 2. The molecule has 118 valence electrons. The second-order valence-corrected chi connectivity index (χ2v) is 5.08. The van der Waals surface area contributed by atoms with Gasteiger partial charge in [-0.1, -0.05) is 6.07 Å². The summed E-state index contributed by atoms with van der Waals surface area (Å²) in [5.41, 5.74) is 0. The number of rotatable bonds is 3. The summed E-state index contributed by atoms with van der Waals surface area (Å²) in [7, 11) is 0. The normalized spacial score (nSPS) is 15.8. The first-order valence-corrected chi connectivity index (χ1v) is 7.02. The first-order chi connectivity index (χ1) is 10.5. The quantitative estimate of drug-likeness (QED) is 0.776. The van der Waals surface area contributed by atoms with Gasteiger partial charge in [0.2, 0.25) is 5.79 Å². The van der Waals surface area contributed by atoms with Crippen LogP contribution in [0.25, 0.3) is 0 Å². The molecule has 3 rings (SSSR count). The number of carbonyl (C=O) groups is 2. The molecule has 0 aromatic carbocycles. The molecular weight excluding hydrogens is 314 g/mol. The van der Waals surface area contributed by atoms with Crippen LogP contribution in [0.15, 0.2) is 30.2 Å². The van der Waals surface area contributed by atoms with E-state index >= 15 is 0 Å². The molecule has 0 atom stereocenters. The lowest BCUT2D eigenvalue weighted by atomic mass is 10.2. The van der Waals surface area contributed by atoms with Gasteiger partial charge in [-0.2, -0.15) is 5.10 Å². The van der Waals surface area contributed by atoms with Gasteiger partial charge in [0.25, 0.3) is 0 Å². The van der Waals surface area contributed by atoms with Gasteiger partial charge in [-0.3, -0.25) is 0 Å². The molecule has 2 N–H and O–H groups in total. The number of thiophene rings is 1. The van der Waals surface area contributed by atoms with Crippen LogP contribution in [0.4, 0.5) is 0 Å². The molecule has 0 radical (unpaired) electrons. The molecule has 3 heterocycles. The van der Waals surface area contributed by atoms with E-state index in [2.05, 4.69) is 10.1 Å². The second kappa shape index (κ2) is 7.11. The van der Waals surface area contributed by atoms with Gasteiger partial charge in [-0.05, 0) is 11.4 Å². The van der Waals surface area contributed by atoms with Gasteiger partial charge in [-0.25, -0.2) is 19.3 Å². The Bertz CT molecular complexity index is 595. The Morgan fingerprint density at radius 1 is 1.32 bits per heavy atom. The van der Waals surface area contributed by atoms with Crippen LogP contribution in [-0.4, -0.2) is 50.1 Å². The fraction of sp³-hybridized carbons (Fsp3) is 0.333. The van der Waals surface area contributed by atoms with E-state index in [0.717, 1.165) is 4.88 Å². The Hall–Kier alpha value is -2.30. The second-order valence-electron chi connectivity index (χ2n) is 4.13. The maximum absolute atomic E-state index is 9.10. The van der Waals surface area contributed by atoms with Crippen LogP contribution in [0.3, 0.4) is 0 Å². The van der Waals surface area contributed by atoms with E-state index in [4.69, 9.17) is 29.3 Å². The van der Waals surface area contributed by atoms with Crippen LogP contribution in [0.5, 0.6) is 0 Å². The van der Waals surface area contributed by atoms with E-state index in [1.165, 1.54) is 6.33 Å². The molecule has 1 saturated heterocycles. The highest BCUT2D eigenvalue weighted by atomic mass is 32.1. The largest absolute Gasteiger partial charge is 0.473 e. The van der Waals surface area contributed by atoms with Gasteiger partial charge >= 0.3 is 11.9 Å². The average molecular weight is 327 g/mol. The molecule has 2 aromatic heterocycles. The number of carboxylic acid groups (broad SMARTS) is 2. The third-order valence-corrected chi connectivity index (χ3v) is 3.66. The molecule has 1 aliphatic rings. The summed E-state index contributed by atoms with van der Waals surface area (Å²) in [6, 6.07) is 4.01. The topological polar surface area (TPSA) is 124 Å². The SMILES string of the molecule is O=C(O)C(=O)O.c1csc(C2(Cn3cncn3)OCCO2)c1. The number of ether oxygens (including phenoxy) is 2. The third-order valence-electron chi connectivity index (χ3n) is 2.67. The number of carboxylic acids is 2. The van der Waals surface area contributed by atoms with Crippen molar-refractivity contribution in [3.05, 3.63) is 35.0 Å². The van der Waals surface area contributed by atoms with Crippen molar-refractivity contribution >= 4 is 23.3 Å². The zero-order chi connectivity index (χ0) is 16.0. The summed E-state index contributed by atoms with van der Waals surface area (Å²) in [5.74, 6) is -4.33. The van der Waals surface area contributed by atoms with Crippen molar-refractivity contribution in [3.8, 4) is 0 Å². The molecule has 2 aromatic rings. The zero-order valence-corrected chi connectivity index (χ0v) is 12.1. The first kappa shape index (κ1) is 16.1. The van der Waals surface area contributed by atoms with E-state index in [9.17, 15) is 0 Å². The summed E-state index contributed by atoms with van der Waals surface area (Å²) >= 11 is 1.63. The molecule has 0 amide bonds. The minimum Gasteiger partial charge on any atom is -0.473 e. The van der Waals surface area contributed by atoms with Crippen molar-refractivity contribution < 1.29 is 29.3 Å². The highest BCUT2D eigenvalue weighted by molar-refractivity contribution is 7.10. The fourth-order valence-electron chi connectivity index (χ4n) is 1.79. The van der Waals surface area contributed by atoms with E-state index < -0.39 is 17.7 Å². The molecule has 0 bridgehead atoms. The Morgan fingerprint density at radius 2 is 2.00 bits per heavy atom. The van der Waals surface area contributed by atoms with Gasteiger partial charge in [0.1, 0.15) is 19.2 Å². The molecule has 0 aliphatic carbocycles. The lowest BCUT2D eigenvalue weighted by Crippen LogP contribution is -2.32. The highest BCUT2D eigenvalue weighted by Gasteiger charge is 2.40. The van der Waals surface area contributed by atoms with Gasteiger partial charge in [-0.15, -0.1) is 11.3 Å². The number of aromatic nitrogens is 3. The smallest absolute Gasteiger partial charge is 0.414 e. The molecule has 1 aliphatic heterocycles. The summed E-state index contributed by atoms with van der Waals surface area (Å²) in [6.45, 7) is 1.77. The number of nitrogens with zero attached hydrogens (tertiary/aromatic N) is 3. The number of aliphatic carboxylic acids is 2. The monoisotopic (exact) mass is 327 g/mol. The van der Waals surface area contributed by atoms with Crippen molar-refractivity contribution in [3.63, 3.8) is 0 Å². The Kier molecular flexibility index (Phi) is 5.20. The minimum absolute atomic E-state index is 0.535. The van der Waals surface area contributed by atoms with Gasteiger partial charge < -0.3 is 19.7 Å². The molecule has 0 spiro atoms. The predicted molar refractivity (Wildman–Crippen MR) is 73.2 cm³/mol. The summed E-state index contributed by atoms with van der Waals surface area (Å²) in [4.78, 5) is 23.2. The summed E-state index contributed by atoms with van der Waals surface area (Å²) < 4.78 is 13.2. The van der Waals surface area contributed by atoms with Crippen LogP contribution in [0.2, 0.25) is 0 Å². The summed E-state index contributed by atoms with van der Waals surface area (Å²) in [5, 5.41) is 20.9. The lowest BCUT2D eigenvalue weighted by molar-refractivity contribution is -0.175. The maximum Gasteiger partial charge on any atom is 0.414 e. The van der Waals surface area contributed by atoms with E-state index in [1.807, 2.05) is 17.5 Å². The minimum atomic E-state index is -1.82. The zero-order valence-electron chi connectivity index (χ0n) is 11.3. The van der Waals surface area contributed by atoms with Crippen LogP contribution < -0.4 is 0 Å². The van der Waals surface area contributed by atoms with E-state index in [1.54, 1.807) is 22.3 Å². The average Bonchev–Trinajstić information content (AvgIpc) is 3.22. The molecule has 0 unspecified atom stereocenters. The molecule has 9 nitrogen and oxygen atoms in total. The van der Waals surface area contributed by atoms with E-state index in [-0.39, 0.29) is 0 Å². The maximum atomic E-state index is 9.10. The van der Waals surface area contributed by atoms with Crippen LogP contribution in [-0.2, 0) is 31.4 Å². The van der Waals surface area contributed by atoms with Crippen LogP contribution in [0.1, 0.15) is 4.88 Å². The molecule has 0 saturated carbocycles. The Morgan fingerprint density at radius 3 is 2.45 bits per heavy atom. The third kappa shape index (κ3) is 3.87. The van der Waals surface area contributed by atoms with Crippen molar-refractivity contribution in [2.45, 2.75) is 12.3 Å². The van der Waals surface area contributed by atoms with Gasteiger partial charge in [0.05, 0.1) is 18.1 Å². The van der Waals surface area contributed by atoms with Crippen molar-refractivity contribution in [1.82, 2.24) is 14.8 Å². The lowest BCUT2D eigenvalue weighted by Gasteiger charge is -2.25. The van der Waals surface area contributed by atoms with E-state index in [0.29, 0.717) is 19.8 Å². The predicted octanol–water partition coefficient (Wildman–Crippen LogP) is 0.395. The summed E-state index contributed by atoms with van der Waals surface area (Å²) in [6.07, 6.45) is 3.18. The molecular formula is C12H13N3O6S. The van der Waals surface area contributed by atoms with Gasteiger partial charge in [0.15, 0.2) is 0 Å². The fourth-order valence-corrected chi connectivity index (χ4v) is 2.61. The van der Waals surface area contributed by atoms with Crippen molar-refractivity contribution in [2.24, 2.45) is 0 Å². The Labute approximate surface area is 128 Å². The molecule has 22 heavy (non-hydrogen) atoms. The van der Waals surface area contributed by atoms with Crippen molar-refractivity contribution in [1.29, 1.82) is 0 Å². The number of hydrogen-bond acceptors (Lipinski definition) is 7. The molecule has 10 heteroatoms. The van der Waals surface area contributed by atoms with Crippen molar-refractivity contribution in [2.75, 3.05) is 13.2 Å². The standard InChI is InChI=1S/C10H11N3O2S.C2H2O4/c1-2-9(16-5-1)10(14-3-4-15-10)6-13-8-11-7-12-13;3-1(4)2(5)6/h1-2,5,7-8H,3-4,6H2;(H,3,4)(H,5,6). The highest BCUT2D eigenvalue weighted by Crippen LogP contribution is 2.35. The molecule has 1 fully saturated rings. The van der Waals surface area contributed by atoms with Crippen LogP contribution >= 0.6 is 11.3 Å². The Balaban J connectivity index is 0.000000254.